The summed E-state index contributed by atoms with van der Waals surface area (Å²) < 4.78 is 5.35. The number of nitrogens with one attached hydrogen (secondary N) is 1. The van der Waals surface area contributed by atoms with Gasteiger partial charge in [0.1, 0.15) is 11.5 Å². The van der Waals surface area contributed by atoms with Crippen LogP contribution < -0.4 is 5.32 Å². The van der Waals surface area contributed by atoms with Gasteiger partial charge in [0.25, 0.3) is 0 Å². The maximum atomic E-state index is 5.35. The van der Waals surface area contributed by atoms with Gasteiger partial charge in [-0.2, -0.15) is 0 Å². The van der Waals surface area contributed by atoms with E-state index in [1.807, 2.05) is 19.9 Å². The molecule has 0 saturated heterocycles. The topological polar surface area (TPSA) is 25.2 Å². The van der Waals surface area contributed by atoms with Gasteiger partial charge in [-0.25, -0.2) is 0 Å². The second-order valence-electron chi connectivity index (χ2n) is 2.75. The van der Waals surface area contributed by atoms with Gasteiger partial charge < -0.3 is 9.73 Å². The summed E-state index contributed by atoms with van der Waals surface area (Å²) in [4.78, 5) is 0. The van der Waals surface area contributed by atoms with Crippen molar-refractivity contribution in [1.82, 2.24) is 5.32 Å². The van der Waals surface area contributed by atoms with Gasteiger partial charge in [0.2, 0.25) is 0 Å². The van der Waals surface area contributed by atoms with E-state index in [9.17, 15) is 0 Å². The van der Waals surface area contributed by atoms with E-state index in [4.69, 9.17) is 10.8 Å². The molecule has 2 nitrogen and oxygen atoms in total. The van der Waals surface area contributed by atoms with Gasteiger partial charge in [-0.05, 0) is 19.9 Å². The summed E-state index contributed by atoms with van der Waals surface area (Å²) in [5.74, 6) is 4.44. The van der Waals surface area contributed by atoms with Gasteiger partial charge in [0.05, 0.1) is 6.54 Å². The quantitative estimate of drug-likeness (QED) is 0.541. The molecule has 1 heterocycles. The van der Waals surface area contributed by atoms with Crippen LogP contribution in [0.2, 0.25) is 0 Å². The molecule has 1 rings (SSSR count). The predicted molar refractivity (Wildman–Crippen MR) is 48.7 cm³/mol. The third kappa shape index (κ3) is 2.14. The highest BCUT2D eigenvalue weighted by Gasteiger charge is 2.02. The number of aryl methyl sites for hydroxylation is 2. The highest BCUT2D eigenvalue weighted by molar-refractivity contribution is 5.19. The van der Waals surface area contributed by atoms with E-state index in [1.165, 1.54) is 5.56 Å². The van der Waals surface area contributed by atoms with Crippen LogP contribution in [-0.4, -0.2) is 6.54 Å². The molecule has 64 valence electrons. The lowest BCUT2D eigenvalue weighted by Gasteiger charge is -1.97. The molecule has 0 aliphatic heterocycles. The van der Waals surface area contributed by atoms with Crippen molar-refractivity contribution < 1.29 is 4.42 Å². The molecule has 0 spiro atoms. The van der Waals surface area contributed by atoms with Crippen LogP contribution in [0.15, 0.2) is 10.5 Å². The number of furan rings is 1. The zero-order chi connectivity index (χ0) is 8.97. The Morgan fingerprint density at radius 1 is 1.58 bits per heavy atom. The summed E-state index contributed by atoms with van der Waals surface area (Å²) >= 11 is 0. The Labute approximate surface area is 73.0 Å². The molecular formula is C10H13NO. The first kappa shape index (κ1) is 8.89. The summed E-state index contributed by atoms with van der Waals surface area (Å²) in [6.07, 6.45) is 5.10. The first-order chi connectivity index (χ1) is 5.74. The van der Waals surface area contributed by atoms with E-state index >= 15 is 0 Å². The molecule has 0 aliphatic rings. The third-order valence-electron chi connectivity index (χ3n) is 1.69. The minimum atomic E-state index is 0.601. The molecule has 0 aliphatic carbocycles. The highest BCUT2D eigenvalue weighted by Crippen LogP contribution is 2.12. The molecule has 0 saturated carbocycles. The molecule has 2 heteroatoms. The van der Waals surface area contributed by atoms with Gasteiger partial charge >= 0.3 is 0 Å². The van der Waals surface area contributed by atoms with Crippen LogP contribution in [0.25, 0.3) is 0 Å². The van der Waals surface area contributed by atoms with Crippen LogP contribution in [0.1, 0.15) is 17.1 Å². The molecule has 0 unspecified atom stereocenters. The number of hydrogen-bond acceptors (Lipinski definition) is 2. The number of rotatable bonds is 3. The minimum Gasteiger partial charge on any atom is -0.466 e. The molecule has 1 N–H and O–H groups in total. The lowest BCUT2D eigenvalue weighted by atomic mass is 10.2. The van der Waals surface area contributed by atoms with Crippen LogP contribution in [0, 0.1) is 26.2 Å². The van der Waals surface area contributed by atoms with E-state index in [0.717, 1.165) is 18.1 Å². The van der Waals surface area contributed by atoms with Gasteiger partial charge in [-0.3, -0.25) is 0 Å². The number of hydrogen-bond donors (Lipinski definition) is 1. The monoisotopic (exact) mass is 163 g/mol. The Morgan fingerprint density at radius 2 is 2.33 bits per heavy atom. The van der Waals surface area contributed by atoms with Gasteiger partial charge in [0, 0.05) is 12.1 Å². The van der Waals surface area contributed by atoms with E-state index in [1.54, 1.807) is 0 Å². The van der Waals surface area contributed by atoms with Crippen LogP contribution in [0.3, 0.4) is 0 Å². The SMILES string of the molecule is C#CCNCc1cc(C)oc1C. The molecule has 0 bridgehead atoms. The summed E-state index contributed by atoms with van der Waals surface area (Å²) in [7, 11) is 0. The van der Waals surface area contributed by atoms with Gasteiger partial charge in [0.15, 0.2) is 0 Å². The van der Waals surface area contributed by atoms with Crippen LogP contribution in [-0.2, 0) is 6.54 Å². The molecule has 1 aromatic rings. The first-order valence-corrected chi connectivity index (χ1v) is 3.94. The molecule has 0 radical (unpaired) electrons. The van der Waals surface area contributed by atoms with Crippen molar-refractivity contribution in [2.24, 2.45) is 0 Å². The summed E-state index contributed by atoms with van der Waals surface area (Å²) in [5.41, 5.74) is 1.18. The largest absolute Gasteiger partial charge is 0.466 e. The molecule has 0 fully saturated rings. The Morgan fingerprint density at radius 3 is 2.83 bits per heavy atom. The lowest BCUT2D eigenvalue weighted by Crippen LogP contribution is -2.12. The van der Waals surface area contributed by atoms with Crippen molar-refractivity contribution in [2.45, 2.75) is 20.4 Å². The standard InChI is InChI=1S/C10H13NO/c1-4-5-11-7-10-6-8(2)12-9(10)3/h1,6,11H,5,7H2,2-3H3. The van der Waals surface area contributed by atoms with E-state index in [0.29, 0.717) is 6.54 Å². The summed E-state index contributed by atoms with van der Waals surface area (Å²) in [6, 6.07) is 2.03. The van der Waals surface area contributed by atoms with Crippen LogP contribution >= 0.6 is 0 Å². The predicted octanol–water partition coefficient (Wildman–Crippen LogP) is 1.62. The zero-order valence-corrected chi connectivity index (χ0v) is 7.48. The molecule has 0 atom stereocenters. The van der Waals surface area contributed by atoms with Crippen molar-refractivity contribution in [2.75, 3.05) is 6.54 Å². The fraction of sp³-hybridized carbons (Fsp3) is 0.400. The van der Waals surface area contributed by atoms with Crippen LogP contribution in [0.4, 0.5) is 0 Å². The summed E-state index contributed by atoms with van der Waals surface area (Å²) in [6.45, 7) is 5.29. The smallest absolute Gasteiger partial charge is 0.105 e. The maximum Gasteiger partial charge on any atom is 0.105 e. The van der Waals surface area contributed by atoms with Crippen LogP contribution in [0.5, 0.6) is 0 Å². The Hall–Kier alpha value is -1.20. The Balaban J connectivity index is 2.52. The molecular weight excluding hydrogens is 150 g/mol. The first-order valence-electron chi connectivity index (χ1n) is 3.94. The fourth-order valence-corrected chi connectivity index (χ4v) is 1.13. The second kappa shape index (κ2) is 3.99. The van der Waals surface area contributed by atoms with Gasteiger partial charge in [-0.15, -0.1) is 6.42 Å². The van der Waals surface area contributed by atoms with E-state index < -0.39 is 0 Å². The third-order valence-corrected chi connectivity index (χ3v) is 1.69. The van der Waals surface area contributed by atoms with Crippen molar-refractivity contribution in [3.05, 3.63) is 23.2 Å². The van der Waals surface area contributed by atoms with Crippen molar-refractivity contribution in [3.8, 4) is 12.3 Å². The van der Waals surface area contributed by atoms with Gasteiger partial charge in [-0.1, -0.05) is 5.92 Å². The maximum absolute atomic E-state index is 5.35. The Bertz CT molecular complexity index is 293. The average Bonchev–Trinajstić information content (AvgIpc) is 2.31. The van der Waals surface area contributed by atoms with E-state index in [-0.39, 0.29) is 0 Å². The molecule has 1 aromatic heterocycles. The van der Waals surface area contributed by atoms with Crippen molar-refractivity contribution in [1.29, 1.82) is 0 Å². The second-order valence-corrected chi connectivity index (χ2v) is 2.75. The summed E-state index contributed by atoms with van der Waals surface area (Å²) in [5, 5.41) is 3.11. The van der Waals surface area contributed by atoms with E-state index in [2.05, 4.69) is 11.2 Å². The van der Waals surface area contributed by atoms with Crippen molar-refractivity contribution >= 4 is 0 Å². The average molecular weight is 163 g/mol. The van der Waals surface area contributed by atoms with Crippen molar-refractivity contribution in [3.63, 3.8) is 0 Å². The highest BCUT2D eigenvalue weighted by atomic mass is 16.3. The molecule has 0 amide bonds. The lowest BCUT2D eigenvalue weighted by molar-refractivity contribution is 0.500. The Kier molecular flexibility index (Phi) is 2.95. The molecule has 12 heavy (non-hydrogen) atoms. The zero-order valence-electron chi connectivity index (χ0n) is 7.48. The minimum absolute atomic E-state index is 0.601. The normalized spacial score (nSPS) is 9.75. The fourth-order valence-electron chi connectivity index (χ4n) is 1.13. The molecule has 0 aromatic carbocycles. The number of terminal acetylenes is 1.